The van der Waals surface area contributed by atoms with Gasteiger partial charge >= 0.3 is 6.07 Å². The van der Waals surface area contributed by atoms with Crippen molar-refractivity contribution < 1.29 is 9.18 Å². The van der Waals surface area contributed by atoms with Crippen LogP contribution in [0.25, 0.3) is 16.0 Å². The lowest BCUT2D eigenvalue weighted by Crippen LogP contribution is -2.05. The summed E-state index contributed by atoms with van der Waals surface area (Å²) in [5.74, 6) is 0.605. The summed E-state index contributed by atoms with van der Waals surface area (Å²) in [7, 11) is 2.25. The average molecular weight is 697 g/mol. The van der Waals surface area contributed by atoms with Gasteiger partial charge in [0.2, 0.25) is 0 Å². The Labute approximate surface area is 313 Å². The van der Waals surface area contributed by atoms with E-state index in [1.807, 2.05) is 76.2 Å². The van der Waals surface area contributed by atoms with E-state index in [0.717, 1.165) is 24.8 Å². The Hall–Kier alpha value is -3.25. The van der Waals surface area contributed by atoms with Crippen molar-refractivity contribution in [1.29, 1.82) is 0 Å². The van der Waals surface area contributed by atoms with Crippen LogP contribution in [0.5, 0.6) is 0 Å². The molecule has 0 amide bonds. The van der Waals surface area contributed by atoms with Crippen molar-refractivity contribution in [2.75, 3.05) is 14.2 Å². The fraction of sp³-hybridized carbons (Fsp3) is 0.574. The molecule has 2 aromatic carbocycles. The first-order valence-electron chi connectivity index (χ1n) is 19.5. The van der Waals surface area contributed by atoms with E-state index in [1.165, 1.54) is 57.4 Å². The van der Waals surface area contributed by atoms with Crippen LogP contribution >= 0.6 is 0 Å². The second-order valence-corrected chi connectivity index (χ2v) is 10.5. The van der Waals surface area contributed by atoms with Gasteiger partial charge in [-0.05, 0) is 106 Å². The molecule has 0 radical (unpaired) electrons. The largest absolute Gasteiger partial charge is 0.310 e. The molecule has 0 aliphatic heterocycles. The van der Waals surface area contributed by atoms with Crippen molar-refractivity contribution in [3.8, 4) is 6.07 Å². The van der Waals surface area contributed by atoms with E-state index in [1.54, 1.807) is 14.0 Å². The maximum atomic E-state index is 10.6. The van der Waals surface area contributed by atoms with Gasteiger partial charge in [0.25, 0.3) is 7.05 Å². The average Bonchev–Trinajstić information content (AvgIpc) is 3.16. The summed E-state index contributed by atoms with van der Waals surface area (Å²) in [6.45, 7) is 39.0. The second-order valence-electron chi connectivity index (χ2n) is 10.5. The van der Waals surface area contributed by atoms with Gasteiger partial charge < -0.3 is 0 Å². The predicted octanol–water partition coefficient (Wildman–Crippen LogP) is 16.2. The number of allylic oxidation sites excluding steroid dienone is 6. The number of unbranched alkanes of at least 4 members (excludes halogenated alkanes) is 1. The molecule has 0 N–H and O–H groups in total. The number of hydrogen-bond acceptors (Lipinski definition) is 1. The van der Waals surface area contributed by atoms with Gasteiger partial charge in [0.1, 0.15) is 11.3 Å². The highest BCUT2D eigenvalue weighted by atomic mass is 19.1. The van der Waals surface area contributed by atoms with Crippen LogP contribution in [0.15, 0.2) is 65.8 Å². The predicted molar refractivity (Wildman–Crippen MR) is 233 cm³/mol. The highest BCUT2D eigenvalue weighted by Gasteiger charge is 2.14. The Morgan fingerprint density at radius 3 is 1.70 bits per heavy atom. The summed E-state index contributed by atoms with van der Waals surface area (Å²) in [6, 6.07) is 18.4. The van der Waals surface area contributed by atoms with Crippen LogP contribution in [-0.2, 0) is 11.2 Å². The molecule has 3 heteroatoms. The molecule has 0 spiro atoms. The van der Waals surface area contributed by atoms with Crippen LogP contribution in [-0.4, -0.2) is 20.0 Å². The molecule has 1 atom stereocenters. The molecule has 2 aromatic rings. The summed E-state index contributed by atoms with van der Waals surface area (Å²) in [5.41, 5.74) is 11.6. The van der Waals surface area contributed by atoms with Crippen molar-refractivity contribution in [3.63, 3.8) is 0 Å². The third kappa shape index (κ3) is 28.6. The smallest absolute Gasteiger partial charge is 0.300 e. The van der Waals surface area contributed by atoms with Gasteiger partial charge in [-0.15, -0.1) is 0 Å². The summed E-state index contributed by atoms with van der Waals surface area (Å²) in [4.78, 5) is 14.6. The molecule has 2 rings (SSSR count). The molecule has 0 heterocycles. The van der Waals surface area contributed by atoms with Crippen molar-refractivity contribution in [2.45, 2.75) is 164 Å². The van der Waals surface area contributed by atoms with Crippen LogP contribution in [0.2, 0.25) is 0 Å². The van der Waals surface area contributed by atoms with Gasteiger partial charge in [0, 0.05) is 5.92 Å². The molecular formula is C47H83FNO+. The summed E-state index contributed by atoms with van der Waals surface area (Å²) >= 11 is 0. The Balaban J connectivity index is -0.000000192. The number of hydrogen-bond donors (Lipinski definition) is 0. The molecule has 0 aromatic heterocycles. The lowest BCUT2D eigenvalue weighted by atomic mass is 9.86. The number of carbonyl (C=O) groups is 1. The number of benzene rings is 2. The Kier molecular flexibility index (Phi) is 51.6. The Morgan fingerprint density at radius 1 is 0.800 bits per heavy atom. The fourth-order valence-corrected chi connectivity index (χ4v) is 4.30. The number of carbonyl (C=O) groups excluding carboxylic acids is 1. The van der Waals surface area contributed by atoms with E-state index in [9.17, 15) is 9.18 Å². The summed E-state index contributed by atoms with van der Waals surface area (Å²) < 4.78 is 9.50. The molecule has 0 bridgehead atoms. The van der Waals surface area contributed by atoms with Crippen LogP contribution < -0.4 is 0 Å². The third-order valence-corrected chi connectivity index (χ3v) is 6.88. The minimum Gasteiger partial charge on any atom is -0.300 e. The highest BCUT2D eigenvalue weighted by Crippen LogP contribution is 2.35. The molecule has 0 saturated heterocycles. The standard InChI is InChI=1S/C28H34N.C8H16O.5C2H6.CH3F/c1-8-25-15-12-21(4)18-27(25)28(22(5)11-9-10-20(2)3)23(6)26-16-13-24(14-17-26)19-29-7;1-4-5-6-7(2)8(3)9;6*1-2/h10-18H,8-9H2,1-7H3;7H,4-6H2,1-3H3;5*1-2H3;1H3/q+1;;;;;;;/b22-11+,28-23+;;;;;;;. The summed E-state index contributed by atoms with van der Waals surface area (Å²) in [5, 5.41) is 0. The molecule has 288 valence electrons. The lowest BCUT2D eigenvalue weighted by Gasteiger charge is -2.18. The van der Waals surface area contributed by atoms with E-state index in [0.29, 0.717) is 13.0 Å². The molecule has 0 aliphatic carbocycles. The van der Waals surface area contributed by atoms with E-state index in [2.05, 4.69) is 114 Å². The Bertz CT molecular complexity index is 1200. The number of aryl methyl sites for hydroxylation is 2. The van der Waals surface area contributed by atoms with Gasteiger partial charge in [0.15, 0.2) is 0 Å². The number of alkyl halides is 1. The maximum absolute atomic E-state index is 10.6. The quantitative estimate of drug-likeness (QED) is 0.138. The molecular weight excluding hydrogens is 614 g/mol. The molecule has 0 fully saturated rings. The second kappa shape index (κ2) is 43.8. The highest BCUT2D eigenvalue weighted by molar-refractivity contribution is 5.98. The third-order valence-electron chi connectivity index (χ3n) is 6.88. The van der Waals surface area contributed by atoms with Gasteiger partial charge in [-0.2, -0.15) is 0 Å². The number of nitrogens with zero attached hydrogens (tertiary/aromatic N) is 1. The number of ketones is 1. The zero-order valence-electron chi connectivity index (χ0n) is 37.0. The SMILES string of the molecule is CC.CC.CC.CC.CC.CCCCC(C)C(C)=O.CCc1ccc(C)cc1C(/C(C)=C/CC=C(C)C)=C(\C)c1ccc(C#[N+]C)cc1.CF. The lowest BCUT2D eigenvalue weighted by molar-refractivity contribution is -0.120. The number of halogens is 1. The van der Waals surface area contributed by atoms with Crippen LogP contribution in [0.3, 0.4) is 0 Å². The van der Waals surface area contributed by atoms with E-state index in [-0.39, 0.29) is 5.92 Å². The molecule has 50 heavy (non-hydrogen) atoms. The van der Waals surface area contributed by atoms with Gasteiger partial charge in [-0.1, -0.05) is 161 Å². The van der Waals surface area contributed by atoms with Crippen LogP contribution in [0, 0.1) is 18.9 Å². The van der Waals surface area contributed by atoms with Crippen molar-refractivity contribution >= 4 is 16.9 Å². The van der Waals surface area contributed by atoms with Crippen molar-refractivity contribution in [1.82, 2.24) is 0 Å². The molecule has 1 unspecified atom stereocenters. The maximum Gasteiger partial charge on any atom is 0.310 e. The first kappa shape index (κ1) is 58.9. The first-order valence-corrected chi connectivity index (χ1v) is 19.5. The fourth-order valence-electron chi connectivity index (χ4n) is 4.30. The normalized spacial score (nSPS) is 10.1. The Morgan fingerprint density at radius 2 is 1.30 bits per heavy atom. The van der Waals surface area contributed by atoms with Crippen LogP contribution in [0.1, 0.15) is 178 Å². The zero-order valence-corrected chi connectivity index (χ0v) is 37.0. The minimum absolute atomic E-state index is 0.282. The van der Waals surface area contributed by atoms with E-state index >= 15 is 0 Å². The summed E-state index contributed by atoms with van der Waals surface area (Å²) in [6.07, 6.45) is 10.0. The first-order chi connectivity index (χ1) is 24.0. The van der Waals surface area contributed by atoms with Crippen molar-refractivity contribution in [2.24, 2.45) is 5.92 Å². The van der Waals surface area contributed by atoms with Crippen LogP contribution in [0.4, 0.5) is 4.39 Å². The van der Waals surface area contributed by atoms with E-state index in [4.69, 9.17) is 0 Å². The molecule has 0 aliphatic rings. The van der Waals surface area contributed by atoms with E-state index < -0.39 is 0 Å². The molecule has 2 nitrogen and oxygen atoms in total. The minimum atomic E-state index is 0.282. The topological polar surface area (TPSA) is 21.4 Å². The van der Waals surface area contributed by atoms with Gasteiger partial charge in [-0.25, -0.2) is 0 Å². The monoisotopic (exact) mass is 697 g/mol. The number of Topliss-reactive ketones (excluding diaryl/α,β-unsaturated/α-hetero) is 1. The molecule has 0 saturated carbocycles. The zero-order chi connectivity index (χ0) is 40.7. The number of rotatable bonds is 10. The van der Waals surface area contributed by atoms with Gasteiger partial charge in [-0.3, -0.25) is 9.18 Å². The van der Waals surface area contributed by atoms with Gasteiger partial charge in [0.05, 0.1) is 7.18 Å². The van der Waals surface area contributed by atoms with Crippen molar-refractivity contribution in [3.05, 3.63) is 98.4 Å².